The van der Waals surface area contributed by atoms with E-state index in [9.17, 15) is 4.39 Å². The molecule has 0 aromatic heterocycles. The van der Waals surface area contributed by atoms with Gasteiger partial charge in [-0.25, -0.2) is 4.39 Å². The van der Waals surface area contributed by atoms with E-state index in [4.69, 9.17) is 5.11 Å². The van der Waals surface area contributed by atoms with Crippen molar-refractivity contribution >= 4 is 0 Å². The fourth-order valence-electron chi connectivity index (χ4n) is 0.290. The van der Waals surface area contributed by atoms with E-state index in [2.05, 4.69) is 5.32 Å². The summed E-state index contributed by atoms with van der Waals surface area (Å²) in [5.41, 5.74) is 0. The minimum atomic E-state index is -0.829. The molecule has 0 saturated carbocycles. The average Bonchev–Trinajstić information content (AvgIpc) is 1.68. The molecule has 0 unspecified atom stereocenters. The lowest BCUT2D eigenvalue weighted by atomic mass is 10.4. The molecule has 0 fully saturated rings. The van der Waals surface area contributed by atoms with Gasteiger partial charge in [0.25, 0.3) is 0 Å². The van der Waals surface area contributed by atoms with Crippen molar-refractivity contribution in [2.24, 2.45) is 0 Å². The zero-order valence-corrected chi connectivity index (χ0v) is 4.32. The molecule has 0 aliphatic carbocycles. The molecular formula is C4H10FNO. The molecule has 0 aliphatic rings. The molecule has 0 aromatic rings. The molecule has 2 N–H and O–H groups in total. The predicted molar refractivity (Wildman–Crippen MR) is 25.9 cm³/mol. The standard InChI is InChI=1S/C4H10FNO/c1-6-3-4(7)2-5/h4,6-7H,2-3H2,1H3/t4-/m0/s1. The Morgan fingerprint density at radius 2 is 2.43 bits per heavy atom. The third kappa shape index (κ3) is 3.69. The Balaban J connectivity index is 2.83. The summed E-state index contributed by atoms with van der Waals surface area (Å²) in [5, 5.41) is 11.0. The highest BCUT2D eigenvalue weighted by Gasteiger charge is 1.97. The Kier molecular flexibility index (Phi) is 3.93. The highest BCUT2D eigenvalue weighted by atomic mass is 19.1. The van der Waals surface area contributed by atoms with Gasteiger partial charge in [-0.3, -0.25) is 0 Å². The van der Waals surface area contributed by atoms with Crippen LogP contribution in [0, 0.1) is 0 Å². The molecule has 0 spiro atoms. The molecule has 44 valence electrons. The third-order valence-corrected chi connectivity index (χ3v) is 0.618. The second-order valence-electron chi connectivity index (χ2n) is 1.37. The van der Waals surface area contributed by atoms with Gasteiger partial charge in [-0.2, -0.15) is 0 Å². The van der Waals surface area contributed by atoms with Crippen LogP contribution in [0.1, 0.15) is 0 Å². The van der Waals surface area contributed by atoms with Gasteiger partial charge in [0.15, 0.2) is 0 Å². The van der Waals surface area contributed by atoms with Crippen LogP contribution in [0.2, 0.25) is 0 Å². The minimum absolute atomic E-state index is 0.330. The number of likely N-dealkylation sites (N-methyl/N-ethyl adjacent to an activating group) is 1. The topological polar surface area (TPSA) is 32.3 Å². The van der Waals surface area contributed by atoms with E-state index < -0.39 is 12.8 Å². The number of aliphatic hydroxyl groups is 1. The van der Waals surface area contributed by atoms with Crippen LogP contribution < -0.4 is 5.32 Å². The summed E-state index contributed by atoms with van der Waals surface area (Å²) in [5.74, 6) is 0. The number of hydrogen-bond acceptors (Lipinski definition) is 2. The highest BCUT2D eigenvalue weighted by molar-refractivity contribution is 4.52. The van der Waals surface area contributed by atoms with Gasteiger partial charge in [-0.15, -0.1) is 0 Å². The predicted octanol–water partition coefficient (Wildman–Crippen LogP) is -0.464. The molecule has 0 heterocycles. The van der Waals surface area contributed by atoms with Gasteiger partial charge in [-0.1, -0.05) is 0 Å². The van der Waals surface area contributed by atoms with Crippen molar-refractivity contribution in [3.05, 3.63) is 0 Å². The summed E-state index contributed by atoms with van der Waals surface area (Å²) >= 11 is 0. The van der Waals surface area contributed by atoms with Gasteiger partial charge < -0.3 is 10.4 Å². The van der Waals surface area contributed by atoms with Crippen molar-refractivity contribution in [3.63, 3.8) is 0 Å². The van der Waals surface area contributed by atoms with Gasteiger partial charge in [0, 0.05) is 6.54 Å². The smallest absolute Gasteiger partial charge is 0.117 e. The summed E-state index contributed by atoms with van der Waals surface area (Å²) in [6.07, 6.45) is -0.829. The first-order valence-corrected chi connectivity index (χ1v) is 2.20. The maximum absolute atomic E-state index is 11.3. The molecule has 0 aliphatic heterocycles. The van der Waals surface area contributed by atoms with Crippen molar-refractivity contribution in [2.75, 3.05) is 20.3 Å². The zero-order chi connectivity index (χ0) is 5.70. The monoisotopic (exact) mass is 107 g/mol. The van der Waals surface area contributed by atoms with E-state index in [0.29, 0.717) is 6.54 Å². The van der Waals surface area contributed by atoms with E-state index in [1.807, 2.05) is 0 Å². The molecule has 0 rings (SSSR count). The Morgan fingerprint density at radius 1 is 1.86 bits per heavy atom. The number of hydrogen-bond donors (Lipinski definition) is 2. The molecule has 3 heteroatoms. The quantitative estimate of drug-likeness (QED) is 0.511. The number of aliphatic hydroxyl groups excluding tert-OH is 1. The molecule has 7 heavy (non-hydrogen) atoms. The number of rotatable bonds is 3. The molecule has 0 amide bonds. The summed E-state index contributed by atoms with van der Waals surface area (Å²) < 4.78 is 11.3. The zero-order valence-electron chi connectivity index (χ0n) is 4.32. The Labute approximate surface area is 42.3 Å². The summed E-state index contributed by atoms with van der Waals surface area (Å²) in [6, 6.07) is 0. The molecule has 0 saturated heterocycles. The van der Waals surface area contributed by atoms with E-state index in [1.165, 1.54) is 0 Å². The van der Waals surface area contributed by atoms with Crippen molar-refractivity contribution in [1.29, 1.82) is 0 Å². The minimum Gasteiger partial charge on any atom is -0.389 e. The summed E-state index contributed by atoms with van der Waals surface area (Å²) in [7, 11) is 1.67. The van der Waals surface area contributed by atoms with Crippen molar-refractivity contribution < 1.29 is 9.50 Å². The maximum atomic E-state index is 11.3. The van der Waals surface area contributed by atoms with Gasteiger partial charge in [-0.05, 0) is 7.05 Å². The Bertz CT molecular complexity index is 42.7. The van der Waals surface area contributed by atoms with Crippen molar-refractivity contribution in [2.45, 2.75) is 6.10 Å². The van der Waals surface area contributed by atoms with E-state index in [-0.39, 0.29) is 0 Å². The van der Waals surface area contributed by atoms with E-state index in [1.54, 1.807) is 7.05 Å². The van der Waals surface area contributed by atoms with Crippen LogP contribution in [0.5, 0.6) is 0 Å². The first-order chi connectivity index (χ1) is 3.31. The normalized spacial score (nSPS) is 14.1. The first-order valence-electron chi connectivity index (χ1n) is 2.20. The first kappa shape index (κ1) is 6.85. The van der Waals surface area contributed by atoms with Gasteiger partial charge in [0.1, 0.15) is 6.67 Å². The molecular weight excluding hydrogens is 97.0 g/mol. The molecule has 1 atom stereocenters. The van der Waals surface area contributed by atoms with Gasteiger partial charge in [0.2, 0.25) is 0 Å². The summed E-state index contributed by atoms with van der Waals surface area (Å²) in [4.78, 5) is 0. The van der Waals surface area contributed by atoms with Crippen LogP contribution >= 0.6 is 0 Å². The van der Waals surface area contributed by atoms with Crippen molar-refractivity contribution in [1.82, 2.24) is 5.32 Å². The van der Waals surface area contributed by atoms with Gasteiger partial charge >= 0.3 is 0 Å². The van der Waals surface area contributed by atoms with Crippen LogP contribution in [-0.2, 0) is 0 Å². The van der Waals surface area contributed by atoms with Crippen LogP contribution in [0.15, 0.2) is 0 Å². The van der Waals surface area contributed by atoms with Gasteiger partial charge in [0.05, 0.1) is 6.10 Å². The Morgan fingerprint density at radius 3 is 2.57 bits per heavy atom. The third-order valence-electron chi connectivity index (χ3n) is 0.618. The highest BCUT2D eigenvalue weighted by Crippen LogP contribution is 1.77. The lowest BCUT2D eigenvalue weighted by molar-refractivity contribution is 0.140. The van der Waals surface area contributed by atoms with E-state index in [0.717, 1.165) is 0 Å². The maximum Gasteiger partial charge on any atom is 0.117 e. The number of halogens is 1. The molecule has 0 aromatic carbocycles. The average molecular weight is 107 g/mol. The second-order valence-corrected chi connectivity index (χ2v) is 1.37. The largest absolute Gasteiger partial charge is 0.389 e. The number of nitrogens with one attached hydrogen (secondary N) is 1. The van der Waals surface area contributed by atoms with Crippen LogP contribution in [-0.4, -0.2) is 31.5 Å². The fraction of sp³-hybridized carbons (Fsp3) is 1.00. The number of alkyl halides is 1. The van der Waals surface area contributed by atoms with Crippen LogP contribution in [0.3, 0.4) is 0 Å². The van der Waals surface area contributed by atoms with E-state index >= 15 is 0 Å². The van der Waals surface area contributed by atoms with Crippen LogP contribution in [0.25, 0.3) is 0 Å². The van der Waals surface area contributed by atoms with Crippen LogP contribution in [0.4, 0.5) is 4.39 Å². The second kappa shape index (κ2) is 4.02. The van der Waals surface area contributed by atoms with Crippen molar-refractivity contribution in [3.8, 4) is 0 Å². The lowest BCUT2D eigenvalue weighted by Gasteiger charge is -2.01. The molecule has 0 radical (unpaired) electrons. The molecule has 0 bridgehead atoms. The summed E-state index contributed by atoms with van der Waals surface area (Å²) in [6.45, 7) is -0.336. The lowest BCUT2D eigenvalue weighted by Crippen LogP contribution is -2.24. The Hall–Kier alpha value is -0.150. The fourth-order valence-corrected chi connectivity index (χ4v) is 0.290. The molecule has 2 nitrogen and oxygen atoms in total. The SMILES string of the molecule is CNC[C@@H](O)CF.